The molecule has 0 bridgehead atoms. The molecule has 4 rings (SSSR count). The lowest BCUT2D eigenvalue weighted by Gasteiger charge is -2.37. The standard InChI is InChI=1S/C23H28ClN3O2/c1-2-29-21-6-4-3-5-20(21)26-13-15-27(16-14-26)23(28)25-22(17-7-8-17)18-9-11-19(24)12-10-18/h3-6,9-12,17,22H,2,7-8,13-16H2,1H3,(H,25,28). The van der Waals surface area contributed by atoms with Crippen molar-refractivity contribution in [2.24, 2.45) is 5.92 Å². The summed E-state index contributed by atoms with van der Waals surface area (Å²) in [5.41, 5.74) is 2.24. The quantitative estimate of drug-likeness (QED) is 0.745. The lowest BCUT2D eigenvalue weighted by molar-refractivity contribution is 0.188. The summed E-state index contributed by atoms with van der Waals surface area (Å²) in [4.78, 5) is 17.2. The lowest BCUT2D eigenvalue weighted by atomic mass is 10.0. The molecule has 2 aromatic rings. The topological polar surface area (TPSA) is 44.8 Å². The minimum absolute atomic E-state index is 0.0228. The maximum Gasteiger partial charge on any atom is 0.318 e. The Hall–Kier alpha value is -2.40. The van der Waals surface area contributed by atoms with Gasteiger partial charge in [0.05, 0.1) is 18.3 Å². The first-order valence-electron chi connectivity index (χ1n) is 10.4. The number of urea groups is 1. The Morgan fingerprint density at radius 1 is 1.10 bits per heavy atom. The molecule has 6 heteroatoms. The number of hydrogen-bond acceptors (Lipinski definition) is 3. The highest BCUT2D eigenvalue weighted by Gasteiger charge is 2.34. The van der Waals surface area contributed by atoms with Crippen LogP contribution in [0.3, 0.4) is 0 Å². The summed E-state index contributed by atoms with van der Waals surface area (Å²) in [6.45, 7) is 5.64. The normalized spacial score (nSPS) is 17.7. The van der Waals surface area contributed by atoms with Gasteiger partial charge in [-0.25, -0.2) is 4.79 Å². The number of piperazine rings is 1. The molecule has 2 fully saturated rings. The number of anilines is 1. The van der Waals surface area contributed by atoms with Crippen LogP contribution >= 0.6 is 11.6 Å². The molecule has 0 spiro atoms. The molecule has 29 heavy (non-hydrogen) atoms. The van der Waals surface area contributed by atoms with Crippen LogP contribution in [0.2, 0.25) is 5.02 Å². The summed E-state index contributed by atoms with van der Waals surface area (Å²) >= 11 is 6.02. The summed E-state index contributed by atoms with van der Waals surface area (Å²) in [5.74, 6) is 1.43. The van der Waals surface area contributed by atoms with Crippen molar-refractivity contribution in [2.45, 2.75) is 25.8 Å². The lowest BCUT2D eigenvalue weighted by Crippen LogP contribution is -2.52. The van der Waals surface area contributed by atoms with Gasteiger partial charge in [-0.1, -0.05) is 35.9 Å². The van der Waals surface area contributed by atoms with Gasteiger partial charge in [0.15, 0.2) is 0 Å². The monoisotopic (exact) mass is 413 g/mol. The van der Waals surface area contributed by atoms with E-state index in [-0.39, 0.29) is 12.1 Å². The molecule has 1 N–H and O–H groups in total. The van der Waals surface area contributed by atoms with Crippen LogP contribution in [0.5, 0.6) is 5.75 Å². The number of rotatable bonds is 6. The van der Waals surface area contributed by atoms with Crippen LogP contribution in [-0.2, 0) is 0 Å². The molecule has 5 nitrogen and oxygen atoms in total. The van der Waals surface area contributed by atoms with Crippen LogP contribution in [0, 0.1) is 5.92 Å². The second-order valence-electron chi connectivity index (χ2n) is 7.69. The Labute approximate surface area is 177 Å². The molecular formula is C23H28ClN3O2. The average Bonchev–Trinajstić information content (AvgIpc) is 3.59. The van der Waals surface area contributed by atoms with E-state index >= 15 is 0 Å². The number of halogens is 1. The number of para-hydroxylation sites is 2. The number of hydrogen-bond donors (Lipinski definition) is 1. The Morgan fingerprint density at radius 3 is 2.45 bits per heavy atom. The van der Waals surface area contributed by atoms with E-state index in [1.54, 1.807) is 0 Å². The van der Waals surface area contributed by atoms with Gasteiger partial charge in [0.2, 0.25) is 0 Å². The Balaban J connectivity index is 1.37. The zero-order valence-corrected chi connectivity index (χ0v) is 17.6. The molecule has 1 saturated carbocycles. The van der Waals surface area contributed by atoms with Crippen molar-refractivity contribution in [3.8, 4) is 5.75 Å². The number of carbonyl (C=O) groups is 1. The summed E-state index contributed by atoms with van der Waals surface area (Å²) in [7, 11) is 0. The molecule has 2 aromatic carbocycles. The van der Waals surface area contributed by atoms with Gasteiger partial charge in [-0.2, -0.15) is 0 Å². The summed E-state index contributed by atoms with van der Waals surface area (Å²) < 4.78 is 5.76. The van der Waals surface area contributed by atoms with Crippen LogP contribution in [0.15, 0.2) is 48.5 Å². The molecule has 1 heterocycles. The van der Waals surface area contributed by atoms with Gasteiger partial charge >= 0.3 is 6.03 Å². The molecule has 1 aliphatic carbocycles. The summed E-state index contributed by atoms with van der Waals surface area (Å²) in [6.07, 6.45) is 2.32. The van der Waals surface area contributed by atoms with E-state index in [0.29, 0.717) is 25.6 Å². The van der Waals surface area contributed by atoms with Gasteiger partial charge < -0.3 is 19.9 Å². The van der Waals surface area contributed by atoms with Crippen LogP contribution < -0.4 is 15.0 Å². The van der Waals surface area contributed by atoms with E-state index in [4.69, 9.17) is 16.3 Å². The highest BCUT2D eigenvalue weighted by atomic mass is 35.5. The SMILES string of the molecule is CCOc1ccccc1N1CCN(C(=O)NC(c2ccc(Cl)cc2)C2CC2)CC1. The highest BCUT2D eigenvalue weighted by Crippen LogP contribution is 2.41. The minimum atomic E-state index is 0.0228. The Kier molecular flexibility index (Phi) is 6.14. The van der Waals surface area contributed by atoms with Crippen molar-refractivity contribution < 1.29 is 9.53 Å². The van der Waals surface area contributed by atoms with Gasteiger partial charge in [-0.15, -0.1) is 0 Å². The predicted octanol–water partition coefficient (Wildman–Crippen LogP) is 4.72. The number of carbonyl (C=O) groups excluding carboxylic acids is 1. The first-order valence-corrected chi connectivity index (χ1v) is 10.8. The van der Waals surface area contributed by atoms with Crippen molar-refractivity contribution in [3.63, 3.8) is 0 Å². The molecule has 0 aromatic heterocycles. The maximum atomic E-state index is 12.9. The molecule has 1 aliphatic heterocycles. The second-order valence-corrected chi connectivity index (χ2v) is 8.13. The molecule has 1 saturated heterocycles. The van der Waals surface area contributed by atoms with Crippen molar-refractivity contribution in [2.75, 3.05) is 37.7 Å². The van der Waals surface area contributed by atoms with E-state index < -0.39 is 0 Å². The first kappa shape index (κ1) is 19.9. The Morgan fingerprint density at radius 2 is 1.79 bits per heavy atom. The van der Waals surface area contributed by atoms with Gasteiger partial charge in [0.1, 0.15) is 5.75 Å². The van der Waals surface area contributed by atoms with Crippen molar-refractivity contribution >= 4 is 23.3 Å². The van der Waals surface area contributed by atoms with Gasteiger partial charge in [-0.3, -0.25) is 0 Å². The zero-order valence-electron chi connectivity index (χ0n) is 16.8. The number of nitrogens with zero attached hydrogens (tertiary/aromatic N) is 2. The second kappa shape index (κ2) is 8.95. The Bertz CT molecular complexity index is 830. The molecule has 0 radical (unpaired) electrons. The largest absolute Gasteiger partial charge is 0.492 e. The number of amides is 2. The third-order valence-electron chi connectivity index (χ3n) is 5.67. The van der Waals surface area contributed by atoms with Crippen molar-refractivity contribution in [3.05, 3.63) is 59.1 Å². The summed E-state index contributed by atoms with van der Waals surface area (Å²) in [6, 6.07) is 16.0. The number of ether oxygens (including phenoxy) is 1. The molecule has 1 atom stereocenters. The van der Waals surface area contributed by atoms with Crippen LogP contribution in [-0.4, -0.2) is 43.7 Å². The third-order valence-corrected chi connectivity index (χ3v) is 5.93. The predicted molar refractivity (Wildman–Crippen MR) is 117 cm³/mol. The minimum Gasteiger partial charge on any atom is -0.492 e. The number of nitrogens with one attached hydrogen (secondary N) is 1. The third kappa shape index (κ3) is 4.78. The average molecular weight is 414 g/mol. The maximum absolute atomic E-state index is 12.9. The van der Waals surface area contributed by atoms with Gasteiger partial charge in [0, 0.05) is 31.2 Å². The van der Waals surface area contributed by atoms with E-state index in [0.717, 1.165) is 48.0 Å². The molecule has 154 valence electrons. The summed E-state index contributed by atoms with van der Waals surface area (Å²) in [5, 5.41) is 3.99. The first-order chi connectivity index (χ1) is 14.2. The smallest absolute Gasteiger partial charge is 0.318 e. The van der Waals surface area contributed by atoms with E-state index in [9.17, 15) is 4.79 Å². The van der Waals surface area contributed by atoms with Crippen molar-refractivity contribution in [1.82, 2.24) is 10.2 Å². The van der Waals surface area contributed by atoms with Gasteiger partial charge in [0.25, 0.3) is 0 Å². The molecular weight excluding hydrogens is 386 g/mol. The van der Waals surface area contributed by atoms with Crippen LogP contribution in [0.1, 0.15) is 31.4 Å². The van der Waals surface area contributed by atoms with E-state index in [1.807, 2.05) is 54.3 Å². The molecule has 2 amide bonds. The molecule has 2 aliphatic rings. The highest BCUT2D eigenvalue weighted by molar-refractivity contribution is 6.30. The molecule has 1 unspecified atom stereocenters. The fraction of sp³-hybridized carbons (Fsp3) is 0.435. The van der Waals surface area contributed by atoms with Crippen LogP contribution in [0.4, 0.5) is 10.5 Å². The van der Waals surface area contributed by atoms with Gasteiger partial charge in [-0.05, 0) is 55.5 Å². The van der Waals surface area contributed by atoms with Crippen LogP contribution in [0.25, 0.3) is 0 Å². The van der Waals surface area contributed by atoms with E-state index in [1.165, 1.54) is 0 Å². The fourth-order valence-electron chi connectivity index (χ4n) is 3.94. The van der Waals surface area contributed by atoms with E-state index in [2.05, 4.69) is 16.3 Å². The zero-order chi connectivity index (χ0) is 20.2. The van der Waals surface area contributed by atoms with Crippen molar-refractivity contribution in [1.29, 1.82) is 0 Å². The number of benzene rings is 2. The fourth-order valence-corrected chi connectivity index (χ4v) is 4.07.